The van der Waals surface area contributed by atoms with E-state index in [1.54, 1.807) is 20.8 Å². The third-order valence-electron chi connectivity index (χ3n) is 4.80. The van der Waals surface area contributed by atoms with Gasteiger partial charge < -0.3 is 14.6 Å². The maximum Gasteiger partial charge on any atom is 0.411 e. The zero-order chi connectivity index (χ0) is 20.7. The molecule has 150 valence electrons. The van der Waals surface area contributed by atoms with Gasteiger partial charge in [-0.15, -0.1) is 0 Å². The second-order valence-corrected chi connectivity index (χ2v) is 9.01. The predicted octanol–water partition coefficient (Wildman–Crippen LogP) is 4.83. The molecule has 0 aliphatic carbocycles. The van der Waals surface area contributed by atoms with Crippen molar-refractivity contribution in [2.24, 2.45) is 0 Å². The van der Waals surface area contributed by atoms with Crippen molar-refractivity contribution in [1.29, 1.82) is 0 Å². The molecule has 1 amide bonds. The van der Waals surface area contributed by atoms with Crippen molar-refractivity contribution < 1.29 is 24.2 Å². The van der Waals surface area contributed by atoms with Crippen LogP contribution in [0.2, 0.25) is 0 Å². The monoisotopic (exact) mass is 449 g/mol. The number of amides is 1. The van der Waals surface area contributed by atoms with Crippen LogP contribution in [0.3, 0.4) is 0 Å². The Balaban J connectivity index is 1.85. The summed E-state index contributed by atoms with van der Waals surface area (Å²) >= 11 is 3.58. The van der Waals surface area contributed by atoms with Gasteiger partial charge in [-0.2, -0.15) is 0 Å². The lowest BCUT2D eigenvalue weighted by Gasteiger charge is -2.32. The van der Waals surface area contributed by atoms with E-state index < -0.39 is 29.3 Å². The van der Waals surface area contributed by atoms with Gasteiger partial charge in [-0.1, -0.05) is 30.3 Å². The Morgan fingerprint density at radius 3 is 2.54 bits per heavy atom. The first-order valence-corrected chi connectivity index (χ1v) is 9.88. The Hall–Kier alpha value is -2.28. The number of hydrogen-bond acceptors (Lipinski definition) is 4. The predicted molar refractivity (Wildman–Crippen MR) is 110 cm³/mol. The summed E-state index contributed by atoms with van der Waals surface area (Å²) in [6.45, 7) is 6.91. The topological polar surface area (TPSA) is 76.1 Å². The van der Waals surface area contributed by atoms with Crippen molar-refractivity contribution in [3.8, 4) is 5.75 Å². The molecule has 1 fully saturated rings. The lowest BCUT2D eigenvalue weighted by molar-refractivity contribution is -0.148. The van der Waals surface area contributed by atoms with Gasteiger partial charge in [0.2, 0.25) is 0 Å². The molecule has 1 aliphatic heterocycles. The van der Waals surface area contributed by atoms with Gasteiger partial charge in [-0.05, 0) is 60.5 Å². The number of carboxylic acids is 1. The Kier molecular flexibility index (Phi) is 5.32. The van der Waals surface area contributed by atoms with E-state index in [4.69, 9.17) is 9.47 Å². The average Bonchev–Trinajstić information content (AvgIpc) is 2.94. The Morgan fingerprint density at radius 2 is 1.89 bits per heavy atom. The fourth-order valence-corrected chi connectivity index (χ4v) is 3.97. The van der Waals surface area contributed by atoms with Gasteiger partial charge in [0.1, 0.15) is 23.0 Å². The molecule has 1 aliphatic rings. The van der Waals surface area contributed by atoms with E-state index in [-0.39, 0.29) is 13.0 Å². The summed E-state index contributed by atoms with van der Waals surface area (Å²) in [5.74, 6) is -0.468. The van der Waals surface area contributed by atoms with Gasteiger partial charge >= 0.3 is 12.1 Å². The number of halogens is 1. The molecule has 6 nitrogen and oxygen atoms in total. The summed E-state index contributed by atoms with van der Waals surface area (Å²) in [6.07, 6.45) is -0.951. The Bertz CT molecular complexity index is 923. The number of hydrogen-bond donors (Lipinski definition) is 1. The minimum Gasteiger partial charge on any atom is -0.487 e. The molecule has 0 aromatic heterocycles. The molecule has 1 saturated heterocycles. The zero-order valence-electron chi connectivity index (χ0n) is 16.4. The number of fused-ring (bicyclic) bond motifs is 1. The second kappa shape index (κ2) is 7.28. The summed E-state index contributed by atoms with van der Waals surface area (Å²) in [7, 11) is 0. The Morgan fingerprint density at radius 1 is 1.21 bits per heavy atom. The summed E-state index contributed by atoms with van der Waals surface area (Å²) in [5, 5.41) is 11.8. The maximum absolute atomic E-state index is 12.6. The van der Waals surface area contributed by atoms with Crippen molar-refractivity contribution >= 4 is 38.8 Å². The zero-order valence-corrected chi connectivity index (χ0v) is 17.9. The number of rotatable bonds is 3. The first-order chi connectivity index (χ1) is 13.0. The van der Waals surface area contributed by atoms with Crippen molar-refractivity contribution in [2.75, 3.05) is 6.54 Å². The molecule has 0 saturated carbocycles. The highest BCUT2D eigenvalue weighted by Crippen LogP contribution is 2.37. The van der Waals surface area contributed by atoms with Crippen molar-refractivity contribution in [1.82, 2.24) is 4.90 Å². The van der Waals surface area contributed by atoms with Crippen molar-refractivity contribution in [3.63, 3.8) is 0 Å². The van der Waals surface area contributed by atoms with Gasteiger partial charge in [0, 0.05) is 6.42 Å². The fourth-order valence-electron chi connectivity index (χ4n) is 3.38. The minimum absolute atomic E-state index is 0.136. The van der Waals surface area contributed by atoms with Gasteiger partial charge in [0.25, 0.3) is 0 Å². The molecule has 2 aromatic rings. The molecule has 2 aromatic carbocycles. The van der Waals surface area contributed by atoms with Crippen LogP contribution < -0.4 is 4.74 Å². The smallest absolute Gasteiger partial charge is 0.411 e. The van der Waals surface area contributed by atoms with Crippen LogP contribution in [0.15, 0.2) is 40.9 Å². The lowest BCUT2D eigenvalue weighted by Crippen LogP contribution is -2.52. The van der Waals surface area contributed by atoms with Crippen LogP contribution in [0.1, 0.15) is 34.1 Å². The molecular formula is C21H24BrNO5. The fraction of sp³-hybridized carbons (Fsp3) is 0.429. The van der Waals surface area contributed by atoms with Gasteiger partial charge in [-0.25, -0.2) is 9.59 Å². The quantitative estimate of drug-likeness (QED) is 0.725. The minimum atomic E-state index is -1.39. The van der Waals surface area contributed by atoms with Crippen molar-refractivity contribution in [2.45, 2.75) is 51.4 Å². The first-order valence-electron chi connectivity index (χ1n) is 9.09. The van der Waals surface area contributed by atoms with E-state index in [9.17, 15) is 14.7 Å². The highest BCUT2D eigenvalue weighted by Gasteiger charge is 2.52. The molecule has 0 radical (unpaired) electrons. The summed E-state index contributed by atoms with van der Waals surface area (Å²) < 4.78 is 12.3. The van der Waals surface area contributed by atoms with E-state index in [1.807, 2.05) is 36.4 Å². The molecule has 0 spiro atoms. The molecule has 0 unspecified atom stereocenters. The molecule has 3 rings (SSSR count). The van der Waals surface area contributed by atoms with Crippen LogP contribution in [0.4, 0.5) is 4.79 Å². The van der Waals surface area contributed by atoms with Crippen molar-refractivity contribution in [3.05, 3.63) is 40.9 Å². The standard InChI is InChI=1S/C21H24BrNO5/c1-20(2,3)28-19(26)23-12-14(11-21(23,4)18(24)25)27-16-10-9-13-7-5-6-8-15(13)17(16)22/h5-10,14H,11-12H2,1-4H3,(H,24,25)/t14-,21+/m1/s1. The van der Waals surface area contributed by atoms with Crippen LogP contribution in [-0.2, 0) is 9.53 Å². The highest BCUT2D eigenvalue weighted by molar-refractivity contribution is 9.10. The largest absolute Gasteiger partial charge is 0.487 e. The molecular weight excluding hydrogens is 426 g/mol. The van der Waals surface area contributed by atoms with Gasteiger partial charge in [0.05, 0.1) is 11.0 Å². The number of carbonyl (C=O) groups is 2. The third-order valence-corrected chi connectivity index (χ3v) is 5.62. The number of ether oxygens (including phenoxy) is 2. The summed E-state index contributed by atoms with van der Waals surface area (Å²) in [6, 6.07) is 11.7. The molecule has 2 atom stereocenters. The van der Waals surface area contributed by atoms with E-state index in [2.05, 4.69) is 15.9 Å². The second-order valence-electron chi connectivity index (χ2n) is 8.21. The number of likely N-dealkylation sites (tertiary alicyclic amines) is 1. The SMILES string of the molecule is CC(C)(C)OC(=O)N1C[C@H](Oc2ccc3ccccc3c2Br)C[C@@]1(C)C(=O)O. The van der Waals surface area contributed by atoms with Gasteiger partial charge in [0.15, 0.2) is 0 Å². The number of carboxylic acid groups (broad SMARTS) is 1. The molecule has 1 N–H and O–H groups in total. The van der Waals surface area contributed by atoms with Crippen LogP contribution in [-0.4, -0.2) is 45.9 Å². The number of aliphatic carboxylic acids is 1. The third kappa shape index (κ3) is 3.94. The first kappa shape index (κ1) is 20.5. The summed E-state index contributed by atoms with van der Waals surface area (Å²) in [4.78, 5) is 25.8. The Labute approximate surface area is 172 Å². The van der Waals surface area contributed by atoms with E-state index >= 15 is 0 Å². The normalized spacial score (nSPS) is 22.3. The lowest BCUT2D eigenvalue weighted by atomic mass is 9.98. The molecule has 28 heavy (non-hydrogen) atoms. The summed E-state index contributed by atoms with van der Waals surface area (Å²) in [5.41, 5.74) is -2.10. The molecule has 7 heteroatoms. The van der Waals surface area contributed by atoms with Crippen LogP contribution in [0, 0.1) is 0 Å². The average molecular weight is 450 g/mol. The van der Waals surface area contributed by atoms with Crippen LogP contribution >= 0.6 is 15.9 Å². The van der Waals surface area contributed by atoms with Crippen LogP contribution in [0.5, 0.6) is 5.75 Å². The van der Waals surface area contributed by atoms with E-state index in [0.717, 1.165) is 15.2 Å². The maximum atomic E-state index is 12.6. The van der Waals surface area contributed by atoms with E-state index in [1.165, 1.54) is 11.8 Å². The number of nitrogens with zero attached hydrogens (tertiary/aromatic N) is 1. The molecule has 1 heterocycles. The van der Waals surface area contributed by atoms with Gasteiger partial charge in [-0.3, -0.25) is 4.90 Å². The highest BCUT2D eigenvalue weighted by atomic mass is 79.9. The van der Waals surface area contributed by atoms with E-state index in [0.29, 0.717) is 5.75 Å². The van der Waals surface area contributed by atoms with Crippen LogP contribution in [0.25, 0.3) is 10.8 Å². The number of carbonyl (C=O) groups excluding carboxylic acids is 1. The molecule has 0 bridgehead atoms. The number of benzene rings is 2.